The molecule has 0 saturated carbocycles. The Labute approximate surface area is 108 Å². The molecule has 0 radical (unpaired) electrons. The molecule has 0 unspecified atom stereocenters. The minimum absolute atomic E-state index is 1.20. The van der Waals surface area contributed by atoms with Crippen molar-refractivity contribution in [3.05, 3.63) is 41.3 Å². The maximum atomic E-state index is 2.32. The van der Waals surface area contributed by atoms with E-state index in [1.165, 1.54) is 34.8 Å². The van der Waals surface area contributed by atoms with Crippen LogP contribution in [-0.2, 0) is 0 Å². The molecule has 0 aliphatic carbocycles. The van der Waals surface area contributed by atoms with E-state index in [1.807, 2.05) is 23.5 Å². The predicted molar refractivity (Wildman–Crippen MR) is 79.9 cm³/mol. The number of hydrogen-bond acceptors (Lipinski definition) is 2. The Bertz CT molecular complexity index is 304. The van der Waals surface area contributed by atoms with Gasteiger partial charge in [0.25, 0.3) is 0 Å². The van der Waals surface area contributed by atoms with Crippen LogP contribution in [0, 0.1) is 0 Å². The largest absolute Gasteiger partial charge is 0.133 e. The van der Waals surface area contributed by atoms with Gasteiger partial charge in [0.05, 0.1) is 0 Å². The van der Waals surface area contributed by atoms with Gasteiger partial charge in [-0.15, -0.1) is 23.5 Å². The fourth-order valence-corrected chi connectivity index (χ4v) is 3.10. The summed E-state index contributed by atoms with van der Waals surface area (Å²) in [7, 11) is 0. The molecule has 0 aliphatic rings. The smallest absolute Gasteiger partial charge is 0.0207 e. The Kier molecular flexibility index (Phi) is 7.52. The average Bonchev–Trinajstić information content (AvgIpc) is 2.35. The molecule has 1 aromatic rings. The van der Waals surface area contributed by atoms with Crippen molar-refractivity contribution in [2.45, 2.75) is 26.7 Å². The molecule has 0 nitrogen and oxygen atoms in total. The highest BCUT2D eigenvalue weighted by Gasteiger charge is 2.00. The molecule has 1 aromatic carbocycles. The third kappa shape index (κ3) is 5.13. The lowest BCUT2D eigenvalue weighted by Crippen LogP contribution is -1.82. The number of thioether (sulfide) groups is 2. The van der Waals surface area contributed by atoms with E-state index in [0.717, 1.165) is 0 Å². The molecular formula is C14H20S2. The second-order valence-corrected chi connectivity index (χ2v) is 5.68. The highest BCUT2D eigenvalue weighted by atomic mass is 32.2. The van der Waals surface area contributed by atoms with Crippen LogP contribution in [-0.4, -0.2) is 11.5 Å². The first kappa shape index (κ1) is 13.7. The van der Waals surface area contributed by atoms with Gasteiger partial charge >= 0.3 is 0 Å². The van der Waals surface area contributed by atoms with Gasteiger partial charge in [-0.05, 0) is 35.3 Å². The summed E-state index contributed by atoms with van der Waals surface area (Å²) >= 11 is 3.89. The molecule has 0 N–H and O–H groups in total. The summed E-state index contributed by atoms with van der Waals surface area (Å²) in [6, 6.07) is 10.7. The molecule has 0 heterocycles. The summed E-state index contributed by atoms with van der Waals surface area (Å²) in [6.07, 6.45) is 2.47. The fraction of sp³-hybridized carbons (Fsp3) is 0.429. The average molecular weight is 252 g/mol. The molecule has 0 aromatic heterocycles. The van der Waals surface area contributed by atoms with Crippen LogP contribution in [0.4, 0.5) is 0 Å². The molecule has 0 saturated heterocycles. The second-order valence-electron chi connectivity index (χ2n) is 3.57. The van der Waals surface area contributed by atoms with E-state index < -0.39 is 0 Å². The number of benzene rings is 1. The Morgan fingerprint density at radius 1 is 1.06 bits per heavy atom. The third-order valence-electron chi connectivity index (χ3n) is 2.03. The summed E-state index contributed by atoms with van der Waals surface area (Å²) in [5, 5.41) is 2.32. The molecule has 88 valence electrons. The first-order chi connectivity index (χ1) is 7.88. The number of hydrogen-bond donors (Lipinski definition) is 0. The molecule has 0 atom stereocenters. The Morgan fingerprint density at radius 2 is 1.75 bits per heavy atom. The Balaban J connectivity index is 2.67. The van der Waals surface area contributed by atoms with Crippen molar-refractivity contribution in [2.75, 3.05) is 11.5 Å². The lowest BCUT2D eigenvalue weighted by molar-refractivity contribution is 1.11. The van der Waals surface area contributed by atoms with Gasteiger partial charge in [-0.1, -0.05) is 44.2 Å². The fourth-order valence-electron chi connectivity index (χ4n) is 1.25. The summed E-state index contributed by atoms with van der Waals surface area (Å²) in [5.74, 6) is 2.41. The third-order valence-corrected chi connectivity index (χ3v) is 4.50. The SMILES string of the molecule is CCCS/C=C(/SCCC)c1ccccc1. The van der Waals surface area contributed by atoms with Gasteiger partial charge in [0.1, 0.15) is 0 Å². The molecule has 1 rings (SSSR count). The van der Waals surface area contributed by atoms with E-state index in [4.69, 9.17) is 0 Å². The van der Waals surface area contributed by atoms with Crippen molar-refractivity contribution in [3.8, 4) is 0 Å². The van der Waals surface area contributed by atoms with Crippen LogP contribution in [0.3, 0.4) is 0 Å². The van der Waals surface area contributed by atoms with E-state index in [0.29, 0.717) is 0 Å². The van der Waals surface area contributed by atoms with Crippen LogP contribution < -0.4 is 0 Å². The Hall–Kier alpha value is -0.340. The summed E-state index contributed by atoms with van der Waals surface area (Å²) in [6.45, 7) is 4.46. The Morgan fingerprint density at radius 3 is 2.38 bits per heavy atom. The van der Waals surface area contributed by atoms with Gasteiger partial charge in [0.2, 0.25) is 0 Å². The maximum Gasteiger partial charge on any atom is 0.0207 e. The zero-order chi connectivity index (χ0) is 11.6. The number of rotatable bonds is 7. The van der Waals surface area contributed by atoms with Crippen molar-refractivity contribution < 1.29 is 0 Å². The van der Waals surface area contributed by atoms with Gasteiger partial charge in [-0.25, -0.2) is 0 Å². The molecule has 0 aliphatic heterocycles. The monoisotopic (exact) mass is 252 g/mol. The van der Waals surface area contributed by atoms with Crippen LogP contribution in [0.2, 0.25) is 0 Å². The first-order valence-corrected chi connectivity index (χ1v) is 7.92. The molecule has 2 heteroatoms. The molecule has 0 fully saturated rings. The van der Waals surface area contributed by atoms with Gasteiger partial charge in [0, 0.05) is 4.91 Å². The van der Waals surface area contributed by atoms with E-state index in [1.54, 1.807) is 0 Å². The lowest BCUT2D eigenvalue weighted by Gasteiger charge is -2.06. The van der Waals surface area contributed by atoms with Crippen LogP contribution >= 0.6 is 23.5 Å². The molecule has 0 bridgehead atoms. The minimum Gasteiger partial charge on any atom is -0.133 e. The minimum atomic E-state index is 1.20. The lowest BCUT2D eigenvalue weighted by atomic mass is 10.2. The van der Waals surface area contributed by atoms with Gasteiger partial charge in [0.15, 0.2) is 0 Å². The second kappa shape index (κ2) is 8.77. The van der Waals surface area contributed by atoms with Crippen molar-refractivity contribution in [1.29, 1.82) is 0 Å². The maximum absolute atomic E-state index is 2.32. The highest BCUT2D eigenvalue weighted by molar-refractivity contribution is 8.10. The quantitative estimate of drug-likeness (QED) is 0.606. The van der Waals surface area contributed by atoms with Gasteiger partial charge < -0.3 is 0 Å². The van der Waals surface area contributed by atoms with Crippen LogP contribution in [0.1, 0.15) is 32.3 Å². The van der Waals surface area contributed by atoms with Crippen molar-refractivity contribution in [1.82, 2.24) is 0 Å². The van der Waals surface area contributed by atoms with Gasteiger partial charge in [-0.2, -0.15) is 0 Å². The topological polar surface area (TPSA) is 0 Å². The van der Waals surface area contributed by atoms with E-state index in [2.05, 4.69) is 49.6 Å². The molecule has 0 spiro atoms. The predicted octanol–water partition coefficient (Wildman–Crippen LogP) is 5.27. The molecule has 16 heavy (non-hydrogen) atoms. The zero-order valence-corrected chi connectivity index (χ0v) is 11.7. The molecule has 0 amide bonds. The highest BCUT2D eigenvalue weighted by Crippen LogP contribution is 2.30. The van der Waals surface area contributed by atoms with E-state index in [-0.39, 0.29) is 0 Å². The van der Waals surface area contributed by atoms with Crippen LogP contribution in [0.5, 0.6) is 0 Å². The van der Waals surface area contributed by atoms with Crippen LogP contribution in [0.25, 0.3) is 4.91 Å². The summed E-state index contributed by atoms with van der Waals surface area (Å²) in [4.78, 5) is 1.42. The normalized spacial score (nSPS) is 11.8. The van der Waals surface area contributed by atoms with Crippen LogP contribution in [0.15, 0.2) is 35.7 Å². The summed E-state index contributed by atoms with van der Waals surface area (Å²) < 4.78 is 0. The van der Waals surface area contributed by atoms with E-state index in [9.17, 15) is 0 Å². The van der Waals surface area contributed by atoms with Crippen molar-refractivity contribution in [2.24, 2.45) is 0 Å². The summed E-state index contributed by atoms with van der Waals surface area (Å²) in [5.41, 5.74) is 1.35. The first-order valence-electron chi connectivity index (χ1n) is 5.88. The van der Waals surface area contributed by atoms with Crippen molar-refractivity contribution >= 4 is 28.4 Å². The molecular weight excluding hydrogens is 232 g/mol. The van der Waals surface area contributed by atoms with Crippen molar-refractivity contribution in [3.63, 3.8) is 0 Å². The van der Waals surface area contributed by atoms with E-state index >= 15 is 0 Å². The van der Waals surface area contributed by atoms with Gasteiger partial charge in [-0.3, -0.25) is 0 Å². The zero-order valence-electron chi connectivity index (χ0n) is 10.1. The standard InChI is InChI=1S/C14H20S2/c1-3-10-15-12-14(16-11-4-2)13-8-6-5-7-9-13/h5-9,12H,3-4,10-11H2,1-2H3/b14-12+.